The second-order valence-electron chi connectivity index (χ2n) is 4.11. The molecule has 0 amide bonds. The predicted molar refractivity (Wildman–Crippen MR) is 70.2 cm³/mol. The molecule has 0 saturated heterocycles. The molecule has 4 nitrogen and oxygen atoms in total. The molecule has 0 atom stereocenters. The average molecular weight is 342 g/mol. The molecule has 0 aliphatic carbocycles. The van der Waals surface area contributed by atoms with Crippen molar-refractivity contribution in [3.05, 3.63) is 21.0 Å². The SMILES string of the molecule is CCC(CC)Nc1cnn(CC(F)(F)F)c(=O)c1Br. The molecular formula is C11H15BrF3N3O. The molecule has 1 N–H and O–H groups in total. The molecule has 0 fully saturated rings. The van der Waals surface area contributed by atoms with Crippen molar-refractivity contribution >= 4 is 21.6 Å². The van der Waals surface area contributed by atoms with Gasteiger partial charge in [0.25, 0.3) is 5.56 Å². The summed E-state index contributed by atoms with van der Waals surface area (Å²) in [5.74, 6) is 0. The van der Waals surface area contributed by atoms with E-state index < -0.39 is 18.3 Å². The zero-order valence-electron chi connectivity index (χ0n) is 10.6. The van der Waals surface area contributed by atoms with Crippen LogP contribution in [0.5, 0.6) is 0 Å². The van der Waals surface area contributed by atoms with Crippen molar-refractivity contribution in [3.63, 3.8) is 0 Å². The highest BCUT2D eigenvalue weighted by Gasteiger charge is 2.29. The largest absolute Gasteiger partial charge is 0.408 e. The molecule has 0 radical (unpaired) electrons. The summed E-state index contributed by atoms with van der Waals surface area (Å²) in [4.78, 5) is 11.7. The fourth-order valence-corrected chi connectivity index (χ4v) is 1.98. The van der Waals surface area contributed by atoms with Gasteiger partial charge in [-0.25, -0.2) is 4.68 Å². The summed E-state index contributed by atoms with van der Waals surface area (Å²) >= 11 is 3.02. The summed E-state index contributed by atoms with van der Waals surface area (Å²) in [6.07, 6.45) is -1.56. The van der Waals surface area contributed by atoms with E-state index in [-0.39, 0.29) is 10.5 Å². The van der Waals surface area contributed by atoms with Gasteiger partial charge in [-0.15, -0.1) is 0 Å². The minimum atomic E-state index is -4.47. The number of nitrogens with one attached hydrogen (secondary N) is 1. The van der Waals surface area contributed by atoms with E-state index in [4.69, 9.17) is 0 Å². The summed E-state index contributed by atoms with van der Waals surface area (Å²) in [5, 5.41) is 6.61. The first-order valence-corrected chi connectivity index (χ1v) is 6.66. The molecule has 1 aromatic rings. The number of rotatable bonds is 5. The summed E-state index contributed by atoms with van der Waals surface area (Å²) in [5.41, 5.74) is -0.384. The third-order valence-electron chi connectivity index (χ3n) is 2.66. The number of alkyl halides is 3. The Morgan fingerprint density at radius 1 is 1.42 bits per heavy atom. The first kappa shape index (κ1) is 16.0. The Bertz CT molecular complexity index is 483. The molecule has 0 bridgehead atoms. The molecule has 0 saturated carbocycles. The zero-order valence-corrected chi connectivity index (χ0v) is 12.2. The highest BCUT2D eigenvalue weighted by Crippen LogP contribution is 2.20. The Morgan fingerprint density at radius 2 is 2.00 bits per heavy atom. The molecule has 0 aliphatic rings. The quantitative estimate of drug-likeness (QED) is 0.894. The number of anilines is 1. The third-order valence-corrected chi connectivity index (χ3v) is 3.43. The van der Waals surface area contributed by atoms with Gasteiger partial charge in [-0.05, 0) is 28.8 Å². The van der Waals surface area contributed by atoms with E-state index in [1.165, 1.54) is 6.20 Å². The summed E-state index contributed by atoms with van der Waals surface area (Å²) in [6, 6.07) is 0.149. The van der Waals surface area contributed by atoms with Crippen LogP contribution < -0.4 is 10.9 Å². The van der Waals surface area contributed by atoms with Gasteiger partial charge in [-0.3, -0.25) is 4.79 Å². The van der Waals surface area contributed by atoms with E-state index in [0.29, 0.717) is 10.4 Å². The lowest BCUT2D eigenvalue weighted by atomic mass is 10.1. The lowest BCUT2D eigenvalue weighted by Gasteiger charge is -2.17. The molecule has 1 rings (SSSR count). The molecule has 8 heteroatoms. The van der Waals surface area contributed by atoms with Crippen LogP contribution in [0.4, 0.5) is 18.9 Å². The highest BCUT2D eigenvalue weighted by molar-refractivity contribution is 9.10. The standard InChI is InChI=1S/C11H15BrF3N3O/c1-3-7(4-2)17-8-5-16-18(6-11(13,14)15)10(19)9(8)12/h5,7,17H,3-4,6H2,1-2H3. The van der Waals surface area contributed by atoms with Crippen LogP contribution in [0.15, 0.2) is 15.5 Å². The molecule has 0 unspecified atom stereocenters. The van der Waals surface area contributed by atoms with Crippen molar-refractivity contribution in [1.29, 1.82) is 0 Å². The van der Waals surface area contributed by atoms with Gasteiger partial charge in [-0.1, -0.05) is 13.8 Å². The molecule has 1 aromatic heterocycles. The fraction of sp³-hybridized carbons (Fsp3) is 0.636. The Kier molecular flexibility index (Phi) is 5.39. The van der Waals surface area contributed by atoms with Crippen LogP contribution in [0.1, 0.15) is 26.7 Å². The van der Waals surface area contributed by atoms with Crippen LogP contribution in [-0.2, 0) is 6.54 Å². The van der Waals surface area contributed by atoms with E-state index in [1.807, 2.05) is 13.8 Å². The molecule has 108 valence electrons. The maximum Gasteiger partial charge on any atom is 0.408 e. The second kappa shape index (κ2) is 6.40. The van der Waals surface area contributed by atoms with Gasteiger partial charge in [0.1, 0.15) is 11.0 Å². The van der Waals surface area contributed by atoms with Crippen LogP contribution in [0, 0.1) is 0 Å². The maximum atomic E-state index is 12.2. The fourth-order valence-electron chi connectivity index (χ4n) is 1.56. The van der Waals surface area contributed by atoms with Crippen LogP contribution in [0.3, 0.4) is 0 Å². The topological polar surface area (TPSA) is 46.9 Å². The molecular weight excluding hydrogens is 327 g/mol. The number of hydrogen-bond donors (Lipinski definition) is 1. The Balaban J connectivity index is 3.01. The lowest BCUT2D eigenvalue weighted by molar-refractivity contribution is -0.143. The summed E-state index contributed by atoms with van der Waals surface area (Å²) in [7, 11) is 0. The van der Waals surface area contributed by atoms with Crippen molar-refractivity contribution in [2.75, 3.05) is 5.32 Å². The smallest absolute Gasteiger partial charge is 0.380 e. The Labute approximate surface area is 117 Å². The Hall–Kier alpha value is -1.05. The number of halogens is 4. The monoisotopic (exact) mass is 341 g/mol. The molecule has 1 heterocycles. The van der Waals surface area contributed by atoms with E-state index >= 15 is 0 Å². The number of hydrogen-bond acceptors (Lipinski definition) is 3. The van der Waals surface area contributed by atoms with E-state index in [2.05, 4.69) is 26.3 Å². The molecule has 0 aliphatic heterocycles. The van der Waals surface area contributed by atoms with Crippen molar-refractivity contribution in [2.45, 2.75) is 45.5 Å². The van der Waals surface area contributed by atoms with Crippen molar-refractivity contribution in [2.24, 2.45) is 0 Å². The van der Waals surface area contributed by atoms with Gasteiger partial charge < -0.3 is 5.32 Å². The van der Waals surface area contributed by atoms with E-state index in [9.17, 15) is 18.0 Å². The molecule has 19 heavy (non-hydrogen) atoms. The first-order chi connectivity index (χ1) is 8.78. The summed E-state index contributed by atoms with van der Waals surface area (Å²) in [6.45, 7) is 2.57. The highest BCUT2D eigenvalue weighted by atomic mass is 79.9. The van der Waals surface area contributed by atoms with Gasteiger partial charge in [0.15, 0.2) is 0 Å². The normalized spacial score (nSPS) is 11.9. The van der Waals surface area contributed by atoms with Gasteiger partial charge in [0.05, 0.1) is 11.9 Å². The average Bonchev–Trinajstić information content (AvgIpc) is 2.33. The van der Waals surface area contributed by atoms with Crippen LogP contribution in [0.2, 0.25) is 0 Å². The minimum Gasteiger partial charge on any atom is -0.380 e. The number of nitrogens with zero attached hydrogens (tertiary/aromatic N) is 2. The van der Waals surface area contributed by atoms with Crippen molar-refractivity contribution in [3.8, 4) is 0 Å². The van der Waals surface area contributed by atoms with Crippen LogP contribution >= 0.6 is 15.9 Å². The van der Waals surface area contributed by atoms with Crippen molar-refractivity contribution in [1.82, 2.24) is 9.78 Å². The summed E-state index contributed by atoms with van der Waals surface area (Å²) < 4.78 is 37.2. The molecule has 0 spiro atoms. The van der Waals surface area contributed by atoms with Gasteiger partial charge in [0.2, 0.25) is 0 Å². The third kappa shape index (κ3) is 4.52. The van der Waals surface area contributed by atoms with Gasteiger partial charge in [0, 0.05) is 6.04 Å². The van der Waals surface area contributed by atoms with E-state index in [1.54, 1.807) is 0 Å². The Morgan fingerprint density at radius 3 is 2.47 bits per heavy atom. The van der Waals surface area contributed by atoms with Crippen molar-refractivity contribution < 1.29 is 13.2 Å². The second-order valence-corrected chi connectivity index (χ2v) is 4.90. The maximum absolute atomic E-state index is 12.2. The predicted octanol–water partition coefficient (Wildman–Crippen LogP) is 3.17. The van der Waals surface area contributed by atoms with Gasteiger partial charge >= 0.3 is 6.18 Å². The minimum absolute atomic E-state index is 0.0682. The zero-order chi connectivity index (χ0) is 14.6. The lowest BCUT2D eigenvalue weighted by Crippen LogP contribution is -2.31. The number of aromatic nitrogens is 2. The van der Waals surface area contributed by atoms with E-state index in [0.717, 1.165) is 12.8 Å². The van der Waals surface area contributed by atoms with Crippen LogP contribution in [-0.4, -0.2) is 22.0 Å². The van der Waals surface area contributed by atoms with Crippen LogP contribution in [0.25, 0.3) is 0 Å². The van der Waals surface area contributed by atoms with Gasteiger partial charge in [-0.2, -0.15) is 18.3 Å². The first-order valence-electron chi connectivity index (χ1n) is 5.87. The molecule has 0 aromatic carbocycles.